The number of hydrogen-bond acceptors (Lipinski definition) is 3. The molecule has 0 heterocycles. The lowest BCUT2D eigenvalue weighted by atomic mass is 9.98. The Balaban J connectivity index is 1.98. The van der Waals surface area contributed by atoms with E-state index >= 15 is 0 Å². The number of carbonyl (C=O) groups is 1. The summed E-state index contributed by atoms with van der Waals surface area (Å²) < 4.78 is 11.5. The largest absolute Gasteiger partial charge is 0.491 e. The summed E-state index contributed by atoms with van der Waals surface area (Å²) in [6.07, 6.45) is 0.209. The van der Waals surface area contributed by atoms with Crippen LogP contribution in [-0.2, 0) is 4.79 Å². The lowest BCUT2D eigenvalue weighted by molar-refractivity contribution is -0.114. The van der Waals surface area contributed by atoms with E-state index in [0.717, 1.165) is 33.8 Å². The molecule has 0 saturated carbocycles. The molecule has 0 fully saturated rings. The quantitative estimate of drug-likeness (QED) is 0.349. The SMILES string of the molecule is CC(C)Oc1ccc(-c2cc(NC(=O)C(Cl)Cl)cc(-c3ccc(OC(C)C)cc3)c2)cc1. The fourth-order valence-corrected chi connectivity index (χ4v) is 3.34. The molecule has 4 nitrogen and oxygen atoms in total. The summed E-state index contributed by atoms with van der Waals surface area (Å²) in [6.45, 7) is 7.96. The van der Waals surface area contributed by atoms with Gasteiger partial charge in [0.2, 0.25) is 0 Å². The molecule has 1 N–H and O–H groups in total. The first-order chi connectivity index (χ1) is 15.2. The number of amides is 1. The Hall–Kier alpha value is -2.69. The molecule has 0 bridgehead atoms. The van der Waals surface area contributed by atoms with Crippen LogP contribution in [0.5, 0.6) is 11.5 Å². The molecule has 0 aromatic heterocycles. The lowest BCUT2D eigenvalue weighted by Gasteiger charge is -2.14. The highest BCUT2D eigenvalue weighted by molar-refractivity contribution is 6.54. The van der Waals surface area contributed by atoms with Gasteiger partial charge in [-0.1, -0.05) is 47.5 Å². The average molecular weight is 472 g/mol. The van der Waals surface area contributed by atoms with E-state index in [4.69, 9.17) is 32.7 Å². The first-order valence-corrected chi connectivity index (χ1v) is 11.4. The summed E-state index contributed by atoms with van der Waals surface area (Å²) >= 11 is 11.5. The van der Waals surface area contributed by atoms with Crippen LogP contribution in [0.25, 0.3) is 22.3 Å². The predicted octanol–water partition coefficient (Wildman–Crippen LogP) is 7.34. The molecule has 3 aromatic rings. The third-order valence-corrected chi connectivity index (χ3v) is 4.91. The van der Waals surface area contributed by atoms with Crippen LogP contribution in [0.3, 0.4) is 0 Å². The minimum Gasteiger partial charge on any atom is -0.491 e. The van der Waals surface area contributed by atoms with Crippen LogP contribution < -0.4 is 14.8 Å². The van der Waals surface area contributed by atoms with Crippen LogP contribution in [0.4, 0.5) is 5.69 Å². The number of rotatable bonds is 8. The van der Waals surface area contributed by atoms with Crippen molar-refractivity contribution in [2.24, 2.45) is 0 Å². The van der Waals surface area contributed by atoms with Gasteiger partial charge in [-0.3, -0.25) is 4.79 Å². The topological polar surface area (TPSA) is 47.6 Å². The molecule has 0 unspecified atom stereocenters. The maximum atomic E-state index is 12.1. The monoisotopic (exact) mass is 471 g/mol. The van der Waals surface area contributed by atoms with Crippen molar-refractivity contribution >= 4 is 34.8 Å². The third kappa shape index (κ3) is 6.65. The minimum absolute atomic E-state index is 0.104. The van der Waals surface area contributed by atoms with Crippen molar-refractivity contribution < 1.29 is 14.3 Å². The summed E-state index contributed by atoms with van der Waals surface area (Å²) in [6, 6.07) is 21.6. The molecule has 168 valence electrons. The number of benzene rings is 3. The molecule has 3 rings (SSSR count). The standard InChI is InChI=1S/C26H27Cl2NO3/c1-16(2)31-23-9-5-18(6-10-23)20-13-21(15-22(14-20)29-26(30)25(27)28)19-7-11-24(12-8-19)32-17(3)4/h5-17,25H,1-4H3,(H,29,30). The number of carbonyl (C=O) groups excluding carboxylic acids is 1. The van der Waals surface area contributed by atoms with Gasteiger partial charge in [-0.25, -0.2) is 0 Å². The second-order valence-electron chi connectivity index (χ2n) is 7.97. The van der Waals surface area contributed by atoms with Crippen LogP contribution in [0.15, 0.2) is 66.7 Å². The summed E-state index contributed by atoms with van der Waals surface area (Å²) in [5, 5.41) is 2.78. The molecule has 1 amide bonds. The lowest BCUT2D eigenvalue weighted by Crippen LogP contribution is -2.18. The van der Waals surface area contributed by atoms with Gasteiger partial charge in [-0.15, -0.1) is 0 Å². The van der Waals surface area contributed by atoms with Crippen LogP contribution in [-0.4, -0.2) is 23.0 Å². The first kappa shape index (κ1) is 24.0. The number of nitrogens with one attached hydrogen (secondary N) is 1. The fraction of sp³-hybridized carbons (Fsp3) is 0.269. The summed E-state index contributed by atoms with van der Waals surface area (Å²) in [5.41, 5.74) is 4.48. The van der Waals surface area contributed by atoms with Crippen LogP contribution in [0.1, 0.15) is 27.7 Å². The molecule has 0 aliphatic heterocycles. The van der Waals surface area contributed by atoms with Gasteiger partial charge in [-0.05, 0) is 92.4 Å². The van der Waals surface area contributed by atoms with Gasteiger partial charge < -0.3 is 14.8 Å². The fourth-order valence-electron chi connectivity index (χ4n) is 3.23. The molecule has 32 heavy (non-hydrogen) atoms. The summed E-state index contributed by atoms with van der Waals surface area (Å²) in [4.78, 5) is 10.9. The van der Waals surface area contributed by atoms with Gasteiger partial charge >= 0.3 is 0 Å². The van der Waals surface area contributed by atoms with Crippen LogP contribution >= 0.6 is 23.2 Å². The molecule has 0 aliphatic carbocycles. The molecule has 0 spiro atoms. The van der Waals surface area contributed by atoms with E-state index in [1.807, 2.05) is 88.4 Å². The second kappa shape index (κ2) is 10.8. The Morgan fingerprint density at radius 3 is 1.44 bits per heavy atom. The first-order valence-electron chi connectivity index (χ1n) is 10.5. The Morgan fingerprint density at radius 1 is 0.688 bits per heavy atom. The van der Waals surface area contributed by atoms with Crippen molar-refractivity contribution in [3.63, 3.8) is 0 Å². The van der Waals surface area contributed by atoms with Gasteiger partial charge in [0, 0.05) is 5.69 Å². The number of anilines is 1. The van der Waals surface area contributed by atoms with E-state index in [-0.39, 0.29) is 12.2 Å². The molecule has 0 atom stereocenters. The zero-order valence-corrected chi connectivity index (χ0v) is 20.1. The highest BCUT2D eigenvalue weighted by Crippen LogP contribution is 2.32. The zero-order chi connectivity index (χ0) is 23.3. The third-order valence-electron chi connectivity index (χ3n) is 4.52. The van der Waals surface area contributed by atoms with E-state index in [1.54, 1.807) is 0 Å². The van der Waals surface area contributed by atoms with E-state index in [0.29, 0.717) is 5.69 Å². The van der Waals surface area contributed by atoms with E-state index < -0.39 is 10.7 Å². The Bertz CT molecular complexity index is 974. The smallest absolute Gasteiger partial charge is 0.257 e. The molecule has 6 heteroatoms. The maximum absolute atomic E-state index is 12.1. The van der Waals surface area contributed by atoms with E-state index in [9.17, 15) is 4.79 Å². The number of halogens is 2. The van der Waals surface area contributed by atoms with Crippen molar-refractivity contribution in [3.8, 4) is 33.8 Å². The van der Waals surface area contributed by atoms with Crippen molar-refractivity contribution in [1.29, 1.82) is 0 Å². The number of hydrogen-bond donors (Lipinski definition) is 1. The van der Waals surface area contributed by atoms with Crippen LogP contribution in [0.2, 0.25) is 0 Å². The highest BCUT2D eigenvalue weighted by Gasteiger charge is 2.14. The van der Waals surface area contributed by atoms with E-state index in [2.05, 4.69) is 11.4 Å². The van der Waals surface area contributed by atoms with Gasteiger partial charge in [0.05, 0.1) is 12.2 Å². The van der Waals surface area contributed by atoms with Crippen molar-refractivity contribution in [3.05, 3.63) is 66.7 Å². The highest BCUT2D eigenvalue weighted by atomic mass is 35.5. The molecular formula is C26H27Cl2NO3. The Morgan fingerprint density at radius 2 is 1.09 bits per heavy atom. The zero-order valence-electron chi connectivity index (χ0n) is 18.6. The second-order valence-corrected chi connectivity index (χ2v) is 9.07. The number of alkyl halides is 2. The van der Waals surface area contributed by atoms with Gasteiger partial charge in [0.15, 0.2) is 4.84 Å². The normalized spacial score (nSPS) is 11.2. The van der Waals surface area contributed by atoms with Crippen molar-refractivity contribution in [2.75, 3.05) is 5.32 Å². The molecular weight excluding hydrogens is 445 g/mol. The average Bonchev–Trinajstić information content (AvgIpc) is 2.73. The molecule has 0 radical (unpaired) electrons. The Kier molecular flexibility index (Phi) is 8.05. The van der Waals surface area contributed by atoms with Crippen LogP contribution in [0, 0.1) is 0 Å². The molecule has 0 saturated heterocycles. The van der Waals surface area contributed by atoms with Gasteiger partial charge in [0.1, 0.15) is 11.5 Å². The minimum atomic E-state index is -1.15. The predicted molar refractivity (Wildman–Crippen MR) is 133 cm³/mol. The van der Waals surface area contributed by atoms with Gasteiger partial charge in [0.25, 0.3) is 5.91 Å². The molecule has 3 aromatic carbocycles. The number of ether oxygens (including phenoxy) is 2. The maximum Gasteiger partial charge on any atom is 0.257 e. The van der Waals surface area contributed by atoms with Crippen molar-refractivity contribution in [1.82, 2.24) is 0 Å². The Labute approximate surface area is 199 Å². The van der Waals surface area contributed by atoms with E-state index in [1.165, 1.54) is 0 Å². The van der Waals surface area contributed by atoms with Gasteiger partial charge in [-0.2, -0.15) is 0 Å². The summed E-state index contributed by atoms with van der Waals surface area (Å²) in [7, 11) is 0. The molecule has 0 aliphatic rings. The van der Waals surface area contributed by atoms with Crippen molar-refractivity contribution in [2.45, 2.75) is 44.7 Å². The summed E-state index contributed by atoms with van der Waals surface area (Å²) in [5.74, 6) is 1.14.